The molecule has 0 N–H and O–H groups in total. The smallest absolute Gasteiger partial charge is 0.187 e. The Kier molecular flexibility index (Phi) is 5.24. The molecule has 2 rings (SSSR count). The van der Waals surface area contributed by atoms with Crippen LogP contribution in [0.3, 0.4) is 0 Å². The second-order valence-corrected chi connectivity index (χ2v) is 5.95. The molecule has 0 atom stereocenters. The molecule has 0 spiro atoms. The molecule has 0 saturated carbocycles. The molecule has 0 aliphatic carbocycles. The van der Waals surface area contributed by atoms with Crippen LogP contribution in [-0.2, 0) is 6.54 Å². The molecule has 0 aliphatic heterocycles. The van der Waals surface area contributed by atoms with Crippen LogP contribution < -0.4 is 0 Å². The first-order chi connectivity index (χ1) is 9.20. The van der Waals surface area contributed by atoms with Crippen LogP contribution in [0.2, 0.25) is 0 Å². The van der Waals surface area contributed by atoms with Crippen LogP contribution in [0.4, 0.5) is 0 Å². The van der Waals surface area contributed by atoms with E-state index in [4.69, 9.17) is 0 Å². The Hall–Kier alpha value is -1.04. The van der Waals surface area contributed by atoms with Crippen LogP contribution in [0, 0.1) is 0 Å². The molecule has 3 nitrogen and oxygen atoms in total. The molecule has 100 valence electrons. The Morgan fingerprint density at radius 2 is 2.11 bits per heavy atom. The lowest BCUT2D eigenvalue weighted by Gasteiger charge is -2.19. The summed E-state index contributed by atoms with van der Waals surface area (Å²) in [6, 6.07) is 5.87. The third-order valence-electron chi connectivity index (χ3n) is 2.84. The van der Waals surface area contributed by atoms with Gasteiger partial charge in [-0.3, -0.25) is 14.7 Å². The first-order valence-corrected chi connectivity index (χ1v) is 7.75. The Balaban J connectivity index is 2.00. The Morgan fingerprint density at radius 3 is 2.68 bits per heavy atom. The Morgan fingerprint density at radius 1 is 1.37 bits per heavy atom. The van der Waals surface area contributed by atoms with E-state index >= 15 is 0 Å². The number of nitrogens with zero attached hydrogens (tertiary/aromatic N) is 2. The van der Waals surface area contributed by atoms with E-state index < -0.39 is 0 Å². The average Bonchev–Trinajstić information content (AvgIpc) is 2.85. The number of hydrogen-bond acceptors (Lipinski definition) is 4. The SMILES string of the molecule is CCN(CC(=O)c1sccc1Br)Cc1ccncc1. The van der Waals surface area contributed by atoms with Crippen LogP contribution in [0.25, 0.3) is 0 Å². The molecule has 2 aromatic rings. The zero-order chi connectivity index (χ0) is 13.7. The fraction of sp³-hybridized carbons (Fsp3) is 0.286. The van der Waals surface area contributed by atoms with Gasteiger partial charge in [0.2, 0.25) is 0 Å². The highest BCUT2D eigenvalue weighted by Gasteiger charge is 2.15. The van der Waals surface area contributed by atoms with Gasteiger partial charge in [-0.25, -0.2) is 0 Å². The van der Waals surface area contributed by atoms with Crippen molar-refractivity contribution in [1.29, 1.82) is 0 Å². The number of hydrogen-bond donors (Lipinski definition) is 0. The summed E-state index contributed by atoms with van der Waals surface area (Å²) in [5.41, 5.74) is 1.18. The van der Waals surface area contributed by atoms with Crippen molar-refractivity contribution in [2.24, 2.45) is 0 Å². The molecule has 0 amide bonds. The van der Waals surface area contributed by atoms with E-state index in [0.29, 0.717) is 6.54 Å². The molecule has 0 aliphatic rings. The molecule has 0 aromatic carbocycles. The minimum atomic E-state index is 0.165. The van der Waals surface area contributed by atoms with E-state index in [1.165, 1.54) is 16.9 Å². The summed E-state index contributed by atoms with van der Waals surface area (Å²) in [4.78, 5) is 19.1. The van der Waals surface area contributed by atoms with Crippen LogP contribution >= 0.6 is 27.3 Å². The maximum Gasteiger partial charge on any atom is 0.187 e. The third kappa shape index (κ3) is 3.96. The van der Waals surface area contributed by atoms with Gasteiger partial charge in [0.15, 0.2) is 5.78 Å². The van der Waals surface area contributed by atoms with Crippen molar-refractivity contribution in [2.45, 2.75) is 13.5 Å². The number of pyridine rings is 1. The lowest BCUT2D eigenvalue weighted by atomic mass is 10.2. The number of aromatic nitrogens is 1. The van der Waals surface area contributed by atoms with Gasteiger partial charge in [-0.05, 0) is 51.6 Å². The van der Waals surface area contributed by atoms with E-state index in [9.17, 15) is 4.79 Å². The highest BCUT2D eigenvalue weighted by molar-refractivity contribution is 9.10. The fourth-order valence-electron chi connectivity index (χ4n) is 1.79. The minimum absolute atomic E-state index is 0.165. The molecular weight excluding hydrogens is 324 g/mol. The largest absolute Gasteiger partial charge is 0.292 e. The summed E-state index contributed by atoms with van der Waals surface area (Å²) >= 11 is 4.89. The van der Waals surface area contributed by atoms with Crippen molar-refractivity contribution in [2.75, 3.05) is 13.1 Å². The molecule has 0 saturated heterocycles. The van der Waals surface area contributed by atoms with E-state index in [1.54, 1.807) is 12.4 Å². The highest BCUT2D eigenvalue weighted by atomic mass is 79.9. The van der Waals surface area contributed by atoms with Crippen molar-refractivity contribution in [3.8, 4) is 0 Å². The molecule has 5 heteroatoms. The number of carbonyl (C=O) groups is 1. The van der Waals surface area contributed by atoms with E-state index in [-0.39, 0.29) is 5.78 Å². The number of halogens is 1. The number of likely N-dealkylation sites (N-methyl/N-ethyl adjacent to an activating group) is 1. The summed E-state index contributed by atoms with van der Waals surface area (Å²) in [5, 5.41) is 1.93. The van der Waals surface area contributed by atoms with Gasteiger partial charge >= 0.3 is 0 Å². The topological polar surface area (TPSA) is 33.2 Å². The first kappa shape index (κ1) is 14.4. The second kappa shape index (κ2) is 6.93. The molecule has 0 fully saturated rings. The van der Waals surface area contributed by atoms with Crippen LogP contribution in [0.1, 0.15) is 22.2 Å². The van der Waals surface area contributed by atoms with Crippen LogP contribution in [0.15, 0.2) is 40.4 Å². The summed E-state index contributed by atoms with van der Waals surface area (Å²) in [6.45, 7) is 4.13. The van der Waals surface area contributed by atoms with Crippen LogP contribution in [0.5, 0.6) is 0 Å². The monoisotopic (exact) mass is 338 g/mol. The lowest BCUT2D eigenvalue weighted by Crippen LogP contribution is -2.29. The molecule has 2 aromatic heterocycles. The predicted molar refractivity (Wildman–Crippen MR) is 81.5 cm³/mol. The molecule has 0 radical (unpaired) electrons. The number of thiophene rings is 1. The molecule has 19 heavy (non-hydrogen) atoms. The second-order valence-electron chi connectivity index (χ2n) is 4.18. The number of rotatable bonds is 6. The molecular formula is C14H15BrN2OS. The summed E-state index contributed by atoms with van der Waals surface area (Å²) < 4.78 is 0.891. The number of Topliss-reactive ketones (excluding diaryl/α,β-unsaturated/α-hetero) is 1. The zero-order valence-corrected chi connectivity index (χ0v) is 13.1. The average molecular weight is 339 g/mol. The maximum atomic E-state index is 12.2. The van der Waals surface area contributed by atoms with Gasteiger partial charge in [-0.2, -0.15) is 0 Å². The van der Waals surface area contributed by atoms with Gasteiger partial charge < -0.3 is 0 Å². The summed E-state index contributed by atoms with van der Waals surface area (Å²) in [5.74, 6) is 0.165. The van der Waals surface area contributed by atoms with Gasteiger partial charge in [-0.15, -0.1) is 11.3 Å². The fourth-order valence-corrected chi connectivity index (χ4v) is 3.32. The summed E-state index contributed by atoms with van der Waals surface area (Å²) in [7, 11) is 0. The third-order valence-corrected chi connectivity index (χ3v) is 4.72. The molecule has 0 bridgehead atoms. The molecule has 2 heterocycles. The number of ketones is 1. The van der Waals surface area contributed by atoms with Crippen molar-refractivity contribution in [3.05, 3.63) is 50.9 Å². The number of carbonyl (C=O) groups excluding carboxylic acids is 1. The van der Waals surface area contributed by atoms with Crippen molar-refractivity contribution in [3.63, 3.8) is 0 Å². The first-order valence-electron chi connectivity index (χ1n) is 6.08. The van der Waals surface area contributed by atoms with E-state index in [0.717, 1.165) is 22.4 Å². The van der Waals surface area contributed by atoms with Crippen LogP contribution in [-0.4, -0.2) is 28.8 Å². The molecule has 0 unspecified atom stereocenters. The standard InChI is InChI=1S/C14H15BrN2OS/c1-2-17(9-11-3-6-16-7-4-11)10-13(18)14-12(15)5-8-19-14/h3-8H,2,9-10H2,1H3. The normalized spacial score (nSPS) is 10.9. The predicted octanol–water partition coefficient (Wildman–Crippen LogP) is 3.61. The van der Waals surface area contributed by atoms with Gasteiger partial charge in [0.25, 0.3) is 0 Å². The summed E-state index contributed by atoms with van der Waals surface area (Å²) in [6.07, 6.45) is 3.56. The Bertz CT molecular complexity index is 541. The minimum Gasteiger partial charge on any atom is -0.292 e. The van der Waals surface area contributed by atoms with Crippen molar-refractivity contribution >= 4 is 33.0 Å². The zero-order valence-electron chi connectivity index (χ0n) is 10.7. The van der Waals surface area contributed by atoms with Gasteiger partial charge in [0.05, 0.1) is 11.4 Å². The lowest BCUT2D eigenvalue weighted by molar-refractivity contribution is 0.0933. The van der Waals surface area contributed by atoms with E-state index in [2.05, 4.69) is 32.7 Å². The van der Waals surface area contributed by atoms with E-state index in [1.807, 2.05) is 23.6 Å². The maximum absolute atomic E-state index is 12.2. The van der Waals surface area contributed by atoms with Gasteiger partial charge in [-0.1, -0.05) is 6.92 Å². The Labute approximate surface area is 125 Å². The van der Waals surface area contributed by atoms with Gasteiger partial charge in [0.1, 0.15) is 0 Å². The highest BCUT2D eigenvalue weighted by Crippen LogP contribution is 2.23. The quantitative estimate of drug-likeness (QED) is 0.754. The van der Waals surface area contributed by atoms with Crippen molar-refractivity contribution < 1.29 is 4.79 Å². The van der Waals surface area contributed by atoms with Gasteiger partial charge in [0, 0.05) is 23.4 Å². The van der Waals surface area contributed by atoms with Crippen molar-refractivity contribution in [1.82, 2.24) is 9.88 Å².